The molecule has 1 aliphatic rings. The molecule has 41 heavy (non-hydrogen) atoms. The number of aryl methyl sites for hydroxylation is 1. The maximum Gasteiger partial charge on any atom is 0.374 e. The summed E-state index contributed by atoms with van der Waals surface area (Å²) >= 11 is 1.51. The lowest BCUT2D eigenvalue weighted by atomic mass is 10.1. The molecule has 0 bridgehead atoms. The predicted octanol–water partition coefficient (Wildman–Crippen LogP) is 5.59. The standard InChI is InChI=1S/C31H31FN2O6S/c1-3-38-31(36)25(35)18-21-4-6-27(23(32)17-21)40-28-8-9-33-24-19-29(41-30(24)28)22-5-7-26(20(2)16-22)39-15-12-34-10-13-37-14-11-34/h4-9,16-17,19H,3,10-15,18H2,1-2H3. The van der Waals surface area contributed by atoms with Gasteiger partial charge in [0.1, 0.15) is 18.1 Å². The molecule has 3 heterocycles. The van der Waals surface area contributed by atoms with E-state index in [-0.39, 0.29) is 18.8 Å². The van der Waals surface area contributed by atoms with Crippen molar-refractivity contribution in [3.63, 3.8) is 0 Å². The van der Waals surface area contributed by atoms with Crippen LogP contribution in [0.25, 0.3) is 20.7 Å². The molecule has 0 atom stereocenters. The van der Waals surface area contributed by atoms with Gasteiger partial charge in [-0.2, -0.15) is 0 Å². The van der Waals surface area contributed by atoms with Gasteiger partial charge in [0.15, 0.2) is 11.6 Å². The molecule has 5 rings (SSSR count). The van der Waals surface area contributed by atoms with Gasteiger partial charge in [-0.25, -0.2) is 9.18 Å². The number of halogens is 1. The number of ketones is 1. The van der Waals surface area contributed by atoms with E-state index in [1.54, 1.807) is 25.3 Å². The average molecular weight is 579 g/mol. The van der Waals surface area contributed by atoms with Gasteiger partial charge in [0.25, 0.3) is 0 Å². The first-order chi connectivity index (χ1) is 19.9. The van der Waals surface area contributed by atoms with Crippen LogP contribution in [0.5, 0.6) is 17.2 Å². The Bertz CT molecular complexity index is 1550. The summed E-state index contributed by atoms with van der Waals surface area (Å²) in [5.41, 5.74) is 3.16. The largest absolute Gasteiger partial charge is 0.492 e. The number of hydrogen-bond donors (Lipinski definition) is 0. The van der Waals surface area contributed by atoms with Crippen LogP contribution in [-0.4, -0.2) is 67.7 Å². The van der Waals surface area contributed by atoms with Crippen molar-refractivity contribution in [2.75, 3.05) is 46.1 Å². The number of morpholine rings is 1. The normalized spacial score (nSPS) is 13.7. The number of aromatic nitrogens is 1. The van der Waals surface area contributed by atoms with Gasteiger partial charge in [-0.1, -0.05) is 6.07 Å². The summed E-state index contributed by atoms with van der Waals surface area (Å²) in [5, 5.41) is 0. The molecule has 2 aromatic carbocycles. The summed E-state index contributed by atoms with van der Waals surface area (Å²) < 4.78 is 37.8. The van der Waals surface area contributed by atoms with E-state index >= 15 is 0 Å². The molecule has 0 amide bonds. The molecule has 0 N–H and O–H groups in total. The van der Waals surface area contributed by atoms with Crippen LogP contribution < -0.4 is 9.47 Å². The third kappa shape index (κ3) is 7.08. The Morgan fingerprint density at radius 3 is 2.61 bits per heavy atom. The van der Waals surface area contributed by atoms with Crippen LogP contribution in [0, 0.1) is 12.7 Å². The van der Waals surface area contributed by atoms with Crippen molar-refractivity contribution in [2.45, 2.75) is 20.3 Å². The van der Waals surface area contributed by atoms with Crippen molar-refractivity contribution >= 4 is 33.3 Å². The quantitative estimate of drug-likeness (QED) is 0.168. The summed E-state index contributed by atoms with van der Waals surface area (Å²) in [7, 11) is 0. The predicted molar refractivity (Wildman–Crippen MR) is 154 cm³/mol. The van der Waals surface area contributed by atoms with Crippen LogP contribution in [0.15, 0.2) is 54.7 Å². The van der Waals surface area contributed by atoms with Crippen LogP contribution in [0.4, 0.5) is 4.39 Å². The molecular formula is C31H31FN2O6S. The molecule has 4 aromatic rings. The smallest absolute Gasteiger partial charge is 0.374 e. The molecule has 0 saturated carbocycles. The van der Waals surface area contributed by atoms with Crippen molar-refractivity contribution in [2.24, 2.45) is 0 Å². The summed E-state index contributed by atoms with van der Waals surface area (Å²) in [5.74, 6) is -0.963. The monoisotopic (exact) mass is 578 g/mol. The number of rotatable bonds is 11. The van der Waals surface area contributed by atoms with Gasteiger partial charge in [0, 0.05) is 43.2 Å². The molecule has 0 unspecified atom stereocenters. The van der Waals surface area contributed by atoms with Crippen molar-refractivity contribution < 1.29 is 32.9 Å². The molecular weight excluding hydrogens is 547 g/mol. The minimum Gasteiger partial charge on any atom is -0.492 e. The Morgan fingerprint density at radius 2 is 1.85 bits per heavy atom. The molecule has 8 nitrogen and oxygen atoms in total. The average Bonchev–Trinajstić information content (AvgIpc) is 3.41. The number of Topliss-reactive ketones (excluding diaryl/α,β-unsaturated/α-hetero) is 1. The van der Waals surface area contributed by atoms with Crippen molar-refractivity contribution in [3.8, 4) is 27.7 Å². The minimum absolute atomic E-state index is 0.00853. The summed E-state index contributed by atoms with van der Waals surface area (Å²) in [4.78, 5) is 31.4. The van der Waals surface area contributed by atoms with E-state index in [1.807, 2.05) is 25.1 Å². The number of fused-ring (bicyclic) bond motifs is 1. The SMILES string of the molecule is CCOC(=O)C(=O)Cc1ccc(Oc2ccnc3cc(-c4ccc(OCCN5CCOCC5)c(C)c4)sc23)c(F)c1. The van der Waals surface area contributed by atoms with Gasteiger partial charge in [0.2, 0.25) is 5.78 Å². The van der Waals surface area contributed by atoms with E-state index in [4.69, 9.17) is 18.9 Å². The van der Waals surface area contributed by atoms with Crippen molar-refractivity contribution in [1.29, 1.82) is 0 Å². The van der Waals surface area contributed by atoms with Crippen LogP contribution >= 0.6 is 11.3 Å². The number of ether oxygens (including phenoxy) is 4. The number of esters is 1. The molecule has 0 spiro atoms. The molecule has 0 radical (unpaired) electrons. The first kappa shape index (κ1) is 28.7. The van der Waals surface area contributed by atoms with Gasteiger partial charge < -0.3 is 18.9 Å². The Hall–Kier alpha value is -3.86. The zero-order valence-corrected chi connectivity index (χ0v) is 23.8. The van der Waals surface area contributed by atoms with E-state index in [0.717, 1.165) is 64.8 Å². The molecule has 0 aliphatic carbocycles. The topological polar surface area (TPSA) is 87.2 Å². The fourth-order valence-corrected chi connectivity index (χ4v) is 5.60. The summed E-state index contributed by atoms with van der Waals surface area (Å²) in [6, 6.07) is 14.0. The number of pyridine rings is 1. The van der Waals surface area contributed by atoms with Crippen LogP contribution in [0.2, 0.25) is 0 Å². The second-order valence-corrected chi connectivity index (χ2v) is 10.7. The fraction of sp³-hybridized carbons (Fsp3) is 0.323. The Morgan fingerprint density at radius 1 is 1.05 bits per heavy atom. The zero-order valence-electron chi connectivity index (χ0n) is 23.0. The maximum atomic E-state index is 14.9. The van der Waals surface area contributed by atoms with Crippen LogP contribution in [0.1, 0.15) is 18.1 Å². The number of carbonyl (C=O) groups excluding carboxylic acids is 2. The first-order valence-corrected chi connectivity index (χ1v) is 14.3. The van der Waals surface area contributed by atoms with E-state index < -0.39 is 17.6 Å². The molecule has 1 aliphatic heterocycles. The highest BCUT2D eigenvalue weighted by Gasteiger charge is 2.18. The molecule has 1 saturated heterocycles. The number of nitrogens with zero attached hydrogens (tertiary/aromatic N) is 2. The van der Waals surface area contributed by atoms with E-state index in [9.17, 15) is 14.0 Å². The van der Waals surface area contributed by atoms with Gasteiger partial charge >= 0.3 is 5.97 Å². The third-order valence-corrected chi connectivity index (χ3v) is 7.88. The number of benzene rings is 2. The number of carbonyl (C=O) groups is 2. The lowest BCUT2D eigenvalue weighted by Gasteiger charge is -2.26. The Labute approximate surface area is 241 Å². The molecule has 10 heteroatoms. The van der Waals surface area contributed by atoms with Gasteiger partial charge in [0.05, 0.1) is 30.0 Å². The number of thiophene rings is 1. The molecule has 2 aromatic heterocycles. The number of hydrogen-bond acceptors (Lipinski definition) is 9. The van der Waals surface area contributed by atoms with Crippen LogP contribution in [0.3, 0.4) is 0 Å². The van der Waals surface area contributed by atoms with Crippen molar-refractivity contribution in [3.05, 3.63) is 71.7 Å². The first-order valence-electron chi connectivity index (χ1n) is 13.5. The Balaban J connectivity index is 1.28. The van der Waals surface area contributed by atoms with Gasteiger partial charge in [-0.05, 0) is 66.9 Å². The lowest BCUT2D eigenvalue weighted by Crippen LogP contribution is -2.38. The third-order valence-electron chi connectivity index (χ3n) is 6.69. The molecule has 214 valence electrons. The second-order valence-electron chi connectivity index (χ2n) is 9.60. The lowest BCUT2D eigenvalue weighted by molar-refractivity contribution is -0.153. The van der Waals surface area contributed by atoms with E-state index in [1.165, 1.54) is 23.5 Å². The second kappa shape index (κ2) is 13.2. The summed E-state index contributed by atoms with van der Waals surface area (Å²) in [6.07, 6.45) is 1.37. The van der Waals surface area contributed by atoms with E-state index in [0.29, 0.717) is 17.9 Å². The fourth-order valence-electron chi connectivity index (χ4n) is 4.54. The highest BCUT2D eigenvalue weighted by molar-refractivity contribution is 7.22. The highest BCUT2D eigenvalue weighted by atomic mass is 32.1. The van der Waals surface area contributed by atoms with Gasteiger partial charge in [-0.15, -0.1) is 11.3 Å². The summed E-state index contributed by atoms with van der Waals surface area (Å²) in [6.45, 7) is 8.64. The van der Waals surface area contributed by atoms with Crippen molar-refractivity contribution in [1.82, 2.24) is 9.88 Å². The minimum atomic E-state index is -0.929. The van der Waals surface area contributed by atoms with Crippen LogP contribution in [-0.2, 0) is 25.5 Å². The maximum absolute atomic E-state index is 14.9. The molecule has 1 fully saturated rings. The van der Waals surface area contributed by atoms with Gasteiger partial charge in [-0.3, -0.25) is 14.7 Å². The van der Waals surface area contributed by atoms with E-state index in [2.05, 4.69) is 16.0 Å². The highest BCUT2D eigenvalue weighted by Crippen LogP contribution is 2.40. The zero-order chi connectivity index (χ0) is 28.8. The Kier molecular flexibility index (Phi) is 9.23.